The van der Waals surface area contributed by atoms with Crippen LogP contribution in [0.4, 0.5) is 5.69 Å². The largest absolute Gasteiger partial charge is 0.378 e. The van der Waals surface area contributed by atoms with E-state index >= 15 is 0 Å². The van der Waals surface area contributed by atoms with Crippen LogP contribution in [0.15, 0.2) is 48.8 Å². The van der Waals surface area contributed by atoms with Gasteiger partial charge in [0.2, 0.25) is 0 Å². The van der Waals surface area contributed by atoms with Crippen molar-refractivity contribution in [3.63, 3.8) is 0 Å². The molecule has 3 rings (SSSR count). The molecular weight excluding hydrogens is 324 g/mol. The van der Waals surface area contributed by atoms with Crippen LogP contribution in [0.3, 0.4) is 0 Å². The molecule has 0 unspecified atom stereocenters. The molecule has 0 aliphatic carbocycles. The van der Waals surface area contributed by atoms with Crippen molar-refractivity contribution in [3.8, 4) is 0 Å². The van der Waals surface area contributed by atoms with Crippen LogP contribution in [-0.4, -0.2) is 41.7 Å². The van der Waals surface area contributed by atoms with E-state index in [1.165, 1.54) is 16.8 Å². The van der Waals surface area contributed by atoms with Gasteiger partial charge in [-0.3, -0.25) is 20.0 Å². The topological polar surface area (TPSA) is 65.5 Å². The average molecular weight is 342 g/mol. The summed E-state index contributed by atoms with van der Waals surface area (Å²) in [5.74, 6) is -0.0799. The number of rotatable bonds is 4. The highest BCUT2D eigenvalue weighted by Gasteiger charge is 2.34. The molecule has 7 heteroatoms. The van der Waals surface area contributed by atoms with Crippen LogP contribution < -0.4 is 10.3 Å². The van der Waals surface area contributed by atoms with Gasteiger partial charge < -0.3 is 4.90 Å². The number of hydrogen-bond acceptors (Lipinski definition) is 5. The molecule has 1 aromatic heterocycles. The standard InChI is InChI=1S/C17H18N4O2S/c1-20(2)14-5-3-13(4-6-14)17-21(15(22)11-24-17)19-16(23)12-7-9-18-10-8-12/h3-10,17H,11H2,1-2H3,(H,19,23)/t17-/m0/s1. The van der Waals surface area contributed by atoms with Crippen LogP contribution in [0.1, 0.15) is 21.3 Å². The van der Waals surface area contributed by atoms with E-state index in [4.69, 9.17) is 0 Å². The minimum Gasteiger partial charge on any atom is -0.378 e. The molecule has 1 aliphatic rings. The van der Waals surface area contributed by atoms with Gasteiger partial charge in [0.1, 0.15) is 5.37 Å². The Hall–Kier alpha value is -2.54. The van der Waals surface area contributed by atoms with E-state index in [1.807, 2.05) is 43.3 Å². The lowest BCUT2D eigenvalue weighted by Crippen LogP contribution is -2.44. The number of carbonyl (C=O) groups is 2. The number of hydrazine groups is 1. The highest BCUT2D eigenvalue weighted by atomic mass is 32.2. The highest BCUT2D eigenvalue weighted by Crippen LogP contribution is 2.37. The first-order valence-electron chi connectivity index (χ1n) is 7.48. The summed E-state index contributed by atoms with van der Waals surface area (Å²) in [6.07, 6.45) is 3.10. The monoisotopic (exact) mass is 342 g/mol. The molecule has 2 amide bonds. The summed E-state index contributed by atoms with van der Waals surface area (Å²) in [5, 5.41) is 1.19. The smallest absolute Gasteiger partial charge is 0.270 e. The summed E-state index contributed by atoms with van der Waals surface area (Å²) in [5.41, 5.74) is 5.25. The predicted octanol–water partition coefficient (Wildman–Crippen LogP) is 2.07. The Bertz CT molecular complexity index is 734. The second-order valence-electron chi connectivity index (χ2n) is 5.59. The Balaban J connectivity index is 1.78. The maximum atomic E-state index is 12.3. The van der Waals surface area contributed by atoms with Crippen molar-refractivity contribution in [2.75, 3.05) is 24.7 Å². The molecule has 1 aromatic carbocycles. The number of carbonyl (C=O) groups excluding carboxylic acids is 2. The summed E-state index contributed by atoms with van der Waals surface area (Å²) >= 11 is 1.50. The molecule has 0 radical (unpaired) electrons. The average Bonchev–Trinajstić information content (AvgIpc) is 2.96. The van der Waals surface area contributed by atoms with Crippen molar-refractivity contribution >= 4 is 29.3 Å². The van der Waals surface area contributed by atoms with Gasteiger partial charge in [0, 0.05) is 37.7 Å². The fourth-order valence-corrected chi connectivity index (χ4v) is 3.51. The first kappa shape index (κ1) is 16.3. The van der Waals surface area contributed by atoms with E-state index in [2.05, 4.69) is 10.4 Å². The lowest BCUT2D eigenvalue weighted by Gasteiger charge is -2.25. The number of pyridine rings is 1. The van der Waals surface area contributed by atoms with E-state index in [1.54, 1.807) is 24.5 Å². The summed E-state index contributed by atoms with van der Waals surface area (Å²) in [6, 6.07) is 11.2. The van der Waals surface area contributed by atoms with Gasteiger partial charge in [-0.05, 0) is 29.8 Å². The molecule has 0 spiro atoms. The molecule has 24 heavy (non-hydrogen) atoms. The van der Waals surface area contributed by atoms with Crippen molar-refractivity contribution in [2.45, 2.75) is 5.37 Å². The highest BCUT2D eigenvalue weighted by molar-refractivity contribution is 8.00. The molecular formula is C17H18N4O2S. The molecule has 6 nitrogen and oxygen atoms in total. The van der Waals surface area contributed by atoms with E-state index < -0.39 is 0 Å². The van der Waals surface area contributed by atoms with Gasteiger partial charge >= 0.3 is 0 Å². The van der Waals surface area contributed by atoms with Gasteiger partial charge in [-0.1, -0.05) is 12.1 Å². The van der Waals surface area contributed by atoms with Gasteiger partial charge in [-0.15, -0.1) is 11.8 Å². The number of aromatic nitrogens is 1. The number of anilines is 1. The zero-order chi connectivity index (χ0) is 17.1. The van der Waals surface area contributed by atoms with Gasteiger partial charge in [0.25, 0.3) is 11.8 Å². The van der Waals surface area contributed by atoms with Gasteiger partial charge in [0.05, 0.1) is 5.75 Å². The van der Waals surface area contributed by atoms with E-state index in [0.717, 1.165) is 11.3 Å². The molecule has 1 fully saturated rings. The van der Waals surface area contributed by atoms with Crippen molar-refractivity contribution in [3.05, 3.63) is 59.9 Å². The third-order valence-corrected chi connectivity index (χ3v) is 4.94. The van der Waals surface area contributed by atoms with Crippen LogP contribution >= 0.6 is 11.8 Å². The minimum absolute atomic E-state index is 0.107. The van der Waals surface area contributed by atoms with Gasteiger partial charge in [-0.2, -0.15) is 0 Å². The normalized spacial score (nSPS) is 17.0. The Labute approximate surface area is 144 Å². The van der Waals surface area contributed by atoms with E-state index in [0.29, 0.717) is 11.3 Å². The van der Waals surface area contributed by atoms with Crippen molar-refractivity contribution in [1.82, 2.24) is 15.4 Å². The van der Waals surface area contributed by atoms with Crippen LogP contribution in [0, 0.1) is 0 Å². The Morgan fingerprint density at radius 2 is 1.88 bits per heavy atom. The minimum atomic E-state index is -0.317. The maximum Gasteiger partial charge on any atom is 0.270 e. The lowest BCUT2D eigenvalue weighted by molar-refractivity contribution is -0.130. The summed E-state index contributed by atoms with van der Waals surface area (Å²) < 4.78 is 0. The van der Waals surface area contributed by atoms with Crippen molar-refractivity contribution in [1.29, 1.82) is 0 Å². The number of nitrogens with zero attached hydrogens (tertiary/aromatic N) is 3. The number of amides is 2. The van der Waals surface area contributed by atoms with Gasteiger partial charge in [-0.25, -0.2) is 5.01 Å². The molecule has 0 bridgehead atoms. The van der Waals surface area contributed by atoms with Crippen LogP contribution in [-0.2, 0) is 4.79 Å². The predicted molar refractivity (Wildman–Crippen MR) is 94.5 cm³/mol. The zero-order valence-corrected chi connectivity index (χ0v) is 14.3. The number of benzene rings is 1. The van der Waals surface area contributed by atoms with Crippen LogP contribution in [0.5, 0.6) is 0 Å². The van der Waals surface area contributed by atoms with Gasteiger partial charge in [0.15, 0.2) is 0 Å². The molecule has 1 saturated heterocycles. The quantitative estimate of drug-likeness (QED) is 0.921. The SMILES string of the molecule is CN(C)c1ccc([C@@H]2SCC(=O)N2NC(=O)c2ccncc2)cc1. The Morgan fingerprint density at radius 3 is 2.50 bits per heavy atom. The molecule has 2 heterocycles. The zero-order valence-electron chi connectivity index (χ0n) is 13.5. The number of thioether (sulfide) groups is 1. The lowest BCUT2D eigenvalue weighted by atomic mass is 10.2. The second kappa shape index (κ2) is 6.92. The van der Waals surface area contributed by atoms with Crippen LogP contribution in [0.25, 0.3) is 0 Å². The molecule has 0 saturated carbocycles. The summed E-state index contributed by atoms with van der Waals surface area (Å²) in [6.45, 7) is 0. The molecule has 124 valence electrons. The first-order chi connectivity index (χ1) is 11.6. The molecule has 1 atom stereocenters. The van der Waals surface area contributed by atoms with E-state index in [-0.39, 0.29) is 17.2 Å². The first-order valence-corrected chi connectivity index (χ1v) is 8.53. The fourth-order valence-electron chi connectivity index (χ4n) is 2.41. The Morgan fingerprint density at radius 1 is 1.21 bits per heavy atom. The molecule has 1 N–H and O–H groups in total. The van der Waals surface area contributed by atoms with Crippen molar-refractivity contribution in [2.24, 2.45) is 0 Å². The Kier molecular flexibility index (Phi) is 4.71. The molecule has 1 aliphatic heterocycles. The third-order valence-electron chi connectivity index (χ3n) is 3.73. The van der Waals surface area contributed by atoms with Crippen LogP contribution in [0.2, 0.25) is 0 Å². The number of nitrogens with one attached hydrogen (secondary N) is 1. The number of hydrogen-bond donors (Lipinski definition) is 1. The third kappa shape index (κ3) is 3.35. The fraction of sp³-hybridized carbons (Fsp3) is 0.235. The van der Waals surface area contributed by atoms with E-state index in [9.17, 15) is 9.59 Å². The summed E-state index contributed by atoms with van der Waals surface area (Å²) in [7, 11) is 3.95. The van der Waals surface area contributed by atoms with Crippen molar-refractivity contribution < 1.29 is 9.59 Å². The maximum absolute atomic E-state index is 12.3. The second-order valence-corrected chi connectivity index (χ2v) is 6.66. The molecule has 2 aromatic rings. The summed E-state index contributed by atoms with van der Waals surface area (Å²) in [4.78, 5) is 30.4.